The molecule has 5 heteroatoms. The van der Waals surface area contributed by atoms with E-state index >= 15 is 0 Å². The molecule has 1 atom stereocenters. The number of nitrogens with one attached hydrogen (secondary N) is 3. The second-order valence-corrected chi connectivity index (χ2v) is 7.45. The highest BCUT2D eigenvalue weighted by Crippen LogP contribution is 2.18. The summed E-state index contributed by atoms with van der Waals surface area (Å²) in [6.07, 6.45) is 0.775. The van der Waals surface area contributed by atoms with Crippen LogP contribution in [0.3, 0.4) is 0 Å². The van der Waals surface area contributed by atoms with Crippen LogP contribution in [0.2, 0.25) is 0 Å². The van der Waals surface area contributed by atoms with Crippen molar-refractivity contribution < 1.29 is 14.5 Å². The van der Waals surface area contributed by atoms with Crippen molar-refractivity contribution in [3.05, 3.63) is 101 Å². The predicted octanol–water partition coefficient (Wildman–Crippen LogP) is 2.29. The molecule has 0 spiro atoms. The van der Waals surface area contributed by atoms with E-state index in [1.54, 1.807) is 19.2 Å². The fraction of sp³-hybridized carbons (Fsp3) is 0.200. The maximum absolute atomic E-state index is 12.6. The van der Waals surface area contributed by atoms with Crippen LogP contribution < -0.4 is 15.5 Å². The highest BCUT2D eigenvalue weighted by Gasteiger charge is 2.13. The number of quaternary nitrogens is 1. The van der Waals surface area contributed by atoms with Gasteiger partial charge in [0.05, 0.1) is 7.05 Å². The maximum Gasteiger partial charge on any atom is 0.279 e. The highest BCUT2D eigenvalue weighted by molar-refractivity contribution is 5.94. The molecular formula is C25H28N3O2+. The Morgan fingerprint density at radius 2 is 1.50 bits per heavy atom. The summed E-state index contributed by atoms with van der Waals surface area (Å²) in [5.41, 5.74) is 4.87. The average molecular weight is 403 g/mol. The number of rotatable bonds is 8. The van der Waals surface area contributed by atoms with Gasteiger partial charge in [-0.15, -0.1) is 0 Å². The molecule has 3 N–H and O–H groups in total. The molecule has 3 rings (SSSR count). The van der Waals surface area contributed by atoms with Crippen molar-refractivity contribution in [2.24, 2.45) is 0 Å². The van der Waals surface area contributed by atoms with Gasteiger partial charge in [0.25, 0.3) is 11.8 Å². The van der Waals surface area contributed by atoms with E-state index in [0.717, 1.165) is 28.1 Å². The van der Waals surface area contributed by atoms with Crippen LogP contribution in [0.4, 0.5) is 5.69 Å². The van der Waals surface area contributed by atoms with Crippen LogP contribution in [-0.4, -0.2) is 32.5 Å². The van der Waals surface area contributed by atoms with Gasteiger partial charge < -0.3 is 15.5 Å². The van der Waals surface area contributed by atoms with Crippen LogP contribution in [0.1, 0.15) is 27.0 Å². The van der Waals surface area contributed by atoms with Gasteiger partial charge in [0.2, 0.25) is 0 Å². The Morgan fingerprint density at radius 1 is 0.833 bits per heavy atom. The van der Waals surface area contributed by atoms with Crippen molar-refractivity contribution in [3.63, 3.8) is 0 Å². The number of para-hydroxylation sites is 1. The summed E-state index contributed by atoms with van der Waals surface area (Å²) in [5, 5.41) is 5.68. The van der Waals surface area contributed by atoms with Crippen LogP contribution in [0.15, 0.2) is 78.9 Å². The zero-order chi connectivity index (χ0) is 21.3. The minimum atomic E-state index is -0.101. The van der Waals surface area contributed by atoms with Gasteiger partial charge in [-0.05, 0) is 35.7 Å². The van der Waals surface area contributed by atoms with Crippen LogP contribution in [0, 0.1) is 0 Å². The number of likely N-dealkylation sites (N-methyl/N-ethyl adjacent to an activating group) is 1. The summed E-state index contributed by atoms with van der Waals surface area (Å²) >= 11 is 0. The van der Waals surface area contributed by atoms with E-state index in [0.29, 0.717) is 18.7 Å². The lowest BCUT2D eigenvalue weighted by atomic mass is 10.0. The molecule has 3 aromatic rings. The van der Waals surface area contributed by atoms with Gasteiger partial charge >= 0.3 is 0 Å². The molecule has 1 unspecified atom stereocenters. The third kappa shape index (κ3) is 6.03. The van der Waals surface area contributed by atoms with E-state index in [4.69, 9.17) is 0 Å². The number of carbonyl (C=O) groups excluding carboxylic acids is 2. The summed E-state index contributed by atoms with van der Waals surface area (Å²) in [4.78, 5) is 25.3. The van der Waals surface area contributed by atoms with E-state index < -0.39 is 0 Å². The number of hydrogen-bond donors (Lipinski definition) is 3. The van der Waals surface area contributed by atoms with E-state index in [1.165, 1.54) is 5.56 Å². The number of anilines is 1. The lowest BCUT2D eigenvalue weighted by Gasteiger charge is -2.16. The molecule has 0 heterocycles. The Kier molecular flexibility index (Phi) is 7.35. The molecular weight excluding hydrogens is 374 g/mol. The first-order valence-electron chi connectivity index (χ1n) is 10.1. The van der Waals surface area contributed by atoms with Crippen LogP contribution in [-0.2, 0) is 17.8 Å². The number of amides is 2. The van der Waals surface area contributed by atoms with Gasteiger partial charge in [0.1, 0.15) is 6.54 Å². The Bertz CT molecular complexity index is 985. The number of benzene rings is 3. The van der Waals surface area contributed by atoms with Crippen LogP contribution >= 0.6 is 0 Å². The summed E-state index contributed by atoms with van der Waals surface area (Å²) in [6.45, 7) is 1.06. The normalized spacial score (nSPS) is 11.5. The molecule has 5 nitrogen and oxygen atoms in total. The zero-order valence-corrected chi connectivity index (χ0v) is 17.4. The molecule has 154 valence electrons. The van der Waals surface area contributed by atoms with Gasteiger partial charge in [0, 0.05) is 23.9 Å². The first-order chi connectivity index (χ1) is 14.5. The summed E-state index contributed by atoms with van der Waals surface area (Å²) in [7, 11) is 3.60. The molecule has 0 aliphatic rings. The van der Waals surface area contributed by atoms with Crippen molar-refractivity contribution in [3.8, 4) is 0 Å². The van der Waals surface area contributed by atoms with Gasteiger partial charge in [-0.3, -0.25) is 9.59 Å². The van der Waals surface area contributed by atoms with Crippen molar-refractivity contribution in [1.82, 2.24) is 5.32 Å². The lowest BCUT2D eigenvalue weighted by molar-refractivity contribution is -0.885. The molecule has 0 aliphatic heterocycles. The summed E-state index contributed by atoms with van der Waals surface area (Å²) in [6, 6.07) is 25.6. The number of carbonyl (C=O) groups is 2. The molecule has 0 aliphatic carbocycles. The monoisotopic (exact) mass is 402 g/mol. The second-order valence-electron chi connectivity index (χ2n) is 7.45. The molecule has 0 bridgehead atoms. The third-order valence-electron chi connectivity index (χ3n) is 4.94. The van der Waals surface area contributed by atoms with Gasteiger partial charge in [-0.25, -0.2) is 0 Å². The maximum atomic E-state index is 12.6. The predicted molar refractivity (Wildman–Crippen MR) is 120 cm³/mol. The molecule has 0 fully saturated rings. The van der Waals surface area contributed by atoms with Crippen molar-refractivity contribution in [2.45, 2.75) is 13.0 Å². The Balaban J connectivity index is 1.57. The zero-order valence-electron chi connectivity index (χ0n) is 17.4. The molecule has 3 aromatic carbocycles. The van der Waals surface area contributed by atoms with Crippen LogP contribution in [0.5, 0.6) is 0 Å². The molecule has 0 aromatic heterocycles. The first kappa shape index (κ1) is 21.3. The molecule has 0 radical (unpaired) electrons. The molecule has 0 saturated heterocycles. The van der Waals surface area contributed by atoms with Crippen molar-refractivity contribution >= 4 is 17.5 Å². The Hall–Kier alpha value is -3.44. The summed E-state index contributed by atoms with van der Waals surface area (Å²) in [5.74, 6) is -0.120. The Morgan fingerprint density at radius 3 is 2.20 bits per heavy atom. The smallest absolute Gasteiger partial charge is 0.279 e. The van der Waals surface area contributed by atoms with Crippen LogP contribution in [0.25, 0.3) is 0 Å². The quantitative estimate of drug-likeness (QED) is 0.541. The molecule has 30 heavy (non-hydrogen) atoms. The average Bonchev–Trinajstić information content (AvgIpc) is 2.75. The highest BCUT2D eigenvalue weighted by atomic mass is 16.2. The SMILES string of the molecule is CNC(=O)c1ccc(C[NH+](C)CC(=O)Nc2ccccc2Cc2ccccc2)cc1. The topological polar surface area (TPSA) is 62.6 Å². The van der Waals surface area contributed by atoms with E-state index in [1.807, 2.05) is 61.6 Å². The summed E-state index contributed by atoms with van der Waals surface area (Å²) < 4.78 is 0. The lowest BCUT2D eigenvalue weighted by Crippen LogP contribution is -3.08. The fourth-order valence-corrected chi connectivity index (χ4v) is 3.41. The standard InChI is InChI=1S/C25H27N3O2/c1-26-25(30)21-14-12-20(13-15-21)17-28(2)18-24(29)27-23-11-7-6-10-22(23)16-19-8-4-3-5-9-19/h3-15H,16-18H2,1-2H3,(H,26,30)(H,27,29)/p+1. The number of hydrogen-bond acceptors (Lipinski definition) is 2. The van der Waals surface area contributed by atoms with Crippen molar-refractivity contribution in [1.29, 1.82) is 0 Å². The minimum Gasteiger partial charge on any atom is -0.355 e. The fourth-order valence-electron chi connectivity index (χ4n) is 3.41. The van der Waals surface area contributed by atoms with Gasteiger partial charge in [-0.2, -0.15) is 0 Å². The van der Waals surface area contributed by atoms with E-state index in [9.17, 15) is 9.59 Å². The first-order valence-corrected chi connectivity index (χ1v) is 10.1. The minimum absolute atomic E-state index is 0.0185. The van der Waals surface area contributed by atoms with E-state index in [2.05, 4.69) is 22.8 Å². The molecule has 0 saturated carbocycles. The second kappa shape index (κ2) is 10.4. The third-order valence-corrected chi connectivity index (χ3v) is 4.94. The Labute approximate surface area is 177 Å². The molecule has 2 amide bonds. The van der Waals surface area contributed by atoms with E-state index in [-0.39, 0.29) is 11.8 Å². The van der Waals surface area contributed by atoms with Gasteiger partial charge in [0.15, 0.2) is 6.54 Å². The van der Waals surface area contributed by atoms with Crippen molar-refractivity contribution in [2.75, 3.05) is 26.0 Å². The van der Waals surface area contributed by atoms with Gasteiger partial charge in [-0.1, -0.05) is 60.7 Å². The largest absolute Gasteiger partial charge is 0.355 e.